The fourth-order valence-electron chi connectivity index (χ4n) is 3.15. The number of carbonyl (C=O) groups excluding carboxylic acids is 2. The minimum absolute atomic E-state index is 0.0379. The average Bonchev–Trinajstić information content (AvgIpc) is 2.63. The number of nitrogens with zero attached hydrogens (tertiary/aromatic N) is 1. The van der Waals surface area contributed by atoms with E-state index in [0.717, 1.165) is 40.8 Å². The van der Waals surface area contributed by atoms with Crippen LogP contribution in [0.4, 0.5) is 11.4 Å². The van der Waals surface area contributed by atoms with Crippen LogP contribution in [0.3, 0.4) is 0 Å². The molecule has 1 aliphatic rings. The molecule has 0 atom stereocenters. The third-order valence-electron chi connectivity index (χ3n) is 4.45. The zero-order chi connectivity index (χ0) is 18.5. The second-order valence-electron chi connectivity index (χ2n) is 6.44. The van der Waals surface area contributed by atoms with Gasteiger partial charge in [-0.3, -0.25) is 9.59 Å². The van der Waals surface area contributed by atoms with Crippen LogP contribution in [0.5, 0.6) is 0 Å². The van der Waals surface area contributed by atoms with Gasteiger partial charge in [0.1, 0.15) is 0 Å². The molecule has 2 N–H and O–H groups in total. The molecule has 0 aromatic heterocycles. The lowest BCUT2D eigenvalue weighted by Gasteiger charge is -2.30. The molecule has 0 saturated heterocycles. The minimum atomic E-state index is -0.234. The maximum absolute atomic E-state index is 12.3. The highest BCUT2D eigenvalue weighted by atomic mass is 79.9. The predicted octanol–water partition coefficient (Wildman–Crippen LogP) is 3.27. The van der Waals surface area contributed by atoms with Crippen molar-refractivity contribution >= 4 is 39.1 Å². The Kier molecular flexibility index (Phi) is 5.93. The quantitative estimate of drug-likeness (QED) is 0.787. The highest BCUT2D eigenvalue weighted by Gasteiger charge is 2.18. The van der Waals surface area contributed by atoms with Gasteiger partial charge in [0.25, 0.3) is 0 Å². The number of benzene rings is 2. The predicted molar refractivity (Wildman–Crippen MR) is 107 cm³/mol. The molecule has 2 amide bonds. The highest BCUT2D eigenvalue weighted by Crippen LogP contribution is 2.26. The van der Waals surface area contributed by atoms with Crippen molar-refractivity contribution in [1.82, 2.24) is 5.32 Å². The standard InChI is InChI=1S/C20H22BrN3O2/c1-14-11-16(21)8-9-17(14)23-19(25)12-22-20(26)13-24-10-4-6-15-5-2-3-7-18(15)24/h2-3,5,7-9,11H,4,6,10,12-13H2,1H3,(H,22,26)(H,23,25). The lowest BCUT2D eigenvalue weighted by Crippen LogP contribution is -2.42. The molecule has 0 saturated carbocycles. The Balaban J connectivity index is 1.51. The SMILES string of the molecule is Cc1cc(Br)ccc1NC(=O)CNC(=O)CN1CCCc2ccccc21. The lowest BCUT2D eigenvalue weighted by molar-refractivity contribution is -0.123. The zero-order valence-corrected chi connectivity index (χ0v) is 16.3. The number of aryl methyl sites for hydroxylation is 2. The van der Waals surface area contributed by atoms with Crippen molar-refractivity contribution in [2.75, 3.05) is 29.9 Å². The number of fused-ring (bicyclic) bond motifs is 1. The molecular formula is C20H22BrN3O2. The van der Waals surface area contributed by atoms with Gasteiger partial charge in [-0.1, -0.05) is 34.1 Å². The van der Waals surface area contributed by atoms with Crippen LogP contribution >= 0.6 is 15.9 Å². The van der Waals surface area contributed by atoms with Crippen LogP contribution in [0.15, 0.2) is 46.9 Å². The summed E-state index contributed by atoms with van der Waals surface area (Å²) in [6.45, 7) is 3.01. The molecule has 0 fully saturated rings. The van der Waals surface area contributed by atoms with Crippen molar-refractivity contribution in [1.29, 1.82) is 0 Å². The van der Waals surface area contributed by atoms with Gasteiger partial charge >= 0.3 is 0 Å². The Morgan fingerprint density at radius 2 is 1.96 bits per heavy atom. The topological polar surface area (TPSA) is 61.4 Å². The van der Waals surface area contributed by atoms with Gasteiger partial charge in [-0.25, -0.2) is 0 Å². The van der Waals surface area contributed by atoms with Gasteiger partial charge in [0.05, 0.1) is 13.1 Å². The first-order chi connectivity index (χ1) is 12.5. The molecule has 3 rings (SSSR count). The Hall–Kier alpha value is -2.34. The van der Waals surface area contributed by atoms with Gasteiger partial charge in [0.2, 0.25) is 11.8 Å². The highest BCUT2D eigenvalue weighted by molar-refractivity contribution is 9.10. The molecule has 0 radical (unpaired) electrons. The molecule has 0 aliphatic carbocycles. The Labute approximate surface area is 161 Å². The number of anilines is 2. The smallest absolute Gasteiger partial charge is 0.243 e. The van der Waals surface area contributed by atoms with Crippen LogP contribution in [0.1, 0.15) is 17.5 Å². The molecular weight excluding hydrogens is 394 g/mol. The number of carbonyl (C=O) groups is 2. The molecule has 1 aliphatic heterocycles. The lowest BCUT2D eigenvalue weighted by atomic mass is 10.0. The van der Waals surface area contributed by atoms with E-state index in [0.29, 0.717) is 0 Å². The second-order valence-corrected chi connectivity index (χ2v) is 7.35. The number of amides is 2. The molecule has 6 heteroatoms. The molecule has 0 unspecified atom stereocenters. The Morgan fingerprint density at radius 1 is 1.15 bits per heavy atom. The van der Waals surface area contributed by atoms with Crippen LogP contribution in [0, 0.1) is 6.92 Å². The molecule has 0 spiro atoms. The summed E-state index contributed by atoms with van der Waals surface area (Å²) in [5.74, 6) is -0.382. The van der Waals surface area contributed by atoms with Crippen LogP contribution in [0.2, 0.25) is 0 Å². The van der Waals surface area contributed by atoms with Crippen LogP contribution in [-0.2, 0) is 16.0 Å². The normalized spacial score (nSPS) is 13.1. The summed E-state index contributed by atoms with van der Waals surface area (Å²) in [6.07, 6.45) is 2.08. The first-order valence-corrected chi connectivity index (χ1v) is 9.48. The number of nitrogens with one attached hydrogen (secondary N) is 2. The third-order valence-corrected chi connectivity index (χ3v) is 4.94. The van der Waals surface area contributed by atoms with E-state index >= 15 is 0 Å². The molecule has 1 heterocycles. The van der Waals surface area contributed by atoms with Crippen molar-refractivity contribution < 1.29 is 9.59 Å². The number of hydrogen-bond donors (Lipinski definition) is 2. The number of halogens is 1. The zero-order valence-electron chi connectivity index (χ0n) is 14.7. The average molecular weight is 416 g/mol. The van der Waals surface area contributed by atoms with E-state index in [9.17, 15) is 9.59 Å². The fourth-order valence-corrected chi connectivity index (χ4v) is 3.62. The molecule has 5 nitrogen and oxygen atoms in total. The van der Waals surface area contributed by atoms with Crippen LogP contribution in [0.25, 0.3) is 0 Å². The Morgan fingerprint density at radius 3 is 2.77 bits per heavy atom. The van der Waals surface area contributed by atoms with Gasteiger partial charge in [-0.2, -0.15) is 0 Å². The molecule has 2 aromatic carbocycles. The summed E-state index contributed by atoms with van der Waals surface area (Å²) in [7, 11) is 0. The Bertz CT molecular complexity index is 822. The molecule has 136 valence electrons. The van der Waals surface area contributed by atoms with Crippen LogP contribution < -0.4 is 15.5 Å². The molecule has 0 bridgehead atoms. The van der Waals surface area contributed by atoms with E-state index in [2.05, 4.69) is 37.5 Å². The third kappa shape index (κ3) is 4.64. The summed E-state index contributed by atoms with van der Waals surface area (Å²) < 4.78 is 0.961. The van der Waals surface area contributed by atoms with Crippen molar-refractivity contribution in [2.24, 2.45) is 0 Å². The molecule has 26 heavy (non-hydrogen) atoms. The number of rotatable bonds is 5. The van der Waals surface area contributed by atoms with Gasteiger partial charge in [-0.05, 0) is 55.2 Å². The monoisotopic (exact) mass is 415 g/mol. The van der Waals surface area contributed by atoms with Crippen molar-refractivity contribution in [3.63, 3.8) is 0 Å². The summed E-state index contributed by atoms with van der Waals surface area (Å²) in [6, 6.07) is 13.8. The second kappa shape index (κ2) is 8.36. The number of hydrogen-bond acceptors (Lipinski definition) is 3. The number of para-hydroxylation sites is 1. The summed E-state index contributed by atoms with van der Waals surface area (Å²) in [5, 5.41) is 5.53. The van der Waals surface area contributed by atoms with E-state index in [1.54, 1.807) is 0 Å². The first kappa shape index (κ1) is 18.5. The van der Waals surface area contributed by atoms with E-state index in [4.69, 9.17) is 0 Å². The van der Waals surface area contributed by atoms with Crippen molar-refractivity contribution in [3.8, 4) is 0 Å². The summed E-state index contributed by atoms with van der Waals surface area (Å²) in [5.41, 5.74) is 4.10. The molecule has 2 aromatic rings. The van der Waals surface area contributed by atoms with Crippen molar-refractivity contribution in [2.45, 2.75) is 19.8 Å². The van der Waals surface area contributed by atoms with Gasteiger partial charge < -0.3 is 15.5 Å². The summed E-state index contributed by atoms with van der Waals surface area (Å²) in [4.78, 5) is 26.4. The van der Waals surface area contributed by atoms with Crippen molar-refractivity contribution in [3.05, 3.63) is 58.1 Å². The summed E-state index contributed by atoms with van der Waals surface area (Å²) >= 11 is 3.40. The van der Waals surface area contributed by atoms with E-state index in [1.165, 1.54) is 5.56 Å². The van der Waals surface area contributed by atoms with Gasteiger partial charge in [-0.15, -0.1) is 0 Å². The van der Waals surface area contributed by atoms with E-state index < -0.39 is 0 Å². The van der Waals surface area contributed by atoms with Crippen LogP contribution in [-0.4, -0.2) is 31.4 Å². The largest absolute Gasteiger partial charge is 0.362 e. The maximum atomic E-state index is 12.3. The fraction of sp³-hybridized carbons (Fsp3) is 0.300. The van der Waals surface area contributed by atoms with Gasteiger partial charge in [0.15, 0.2) is 0 Å². The van der Waals surface area contributed by atoms with E-state index in [1.807, 2.05) is 43.3 Å². The minimum Gasteiger partial charge on any atom is -0.362 e. The van der Waals surface area contributed by atoms with Gasteiger partial charge in [0, 0.05) is 22.4 Å². The van der Waals surface area contributed by atoms with E-state index in [-0.39, 0.29) is 24.9 Å². The first-order valence-electron chi connectivity index (χ1n) is 8.68. The maximum Gasteiger partial charge on any atom is 0.243 e.